The summed E-state index contributed by atoms with van der Waals surface area (Å²) in [6.07, 6.45) is -4.36. The molecule has 0 bridgehead atoms. The molecule has 2 N–H and O–H groups in total. The van der Waals surface area contributed by atoms with Crippen LogP contribution in [0.25, 0.3) is 11.5 Å². The van der Waals surface area contributed by atoms with Crippen molar-refractivity contribution in [2.24, 2.45) is 0 Å². The normalized spacial score (nSPS) is 12.8. The van der Waals surface area contributed by atoms with Gasteiger partial charge < -0.3 is 15.1 Å². The van der Waals surface area contributed by atoms with Gasteiger partial charge in [0.25, 0.3) is 0 Å². The molecule has 3 rings (SSSR count). The smallest absolute Gasteiger partial charge is 0.416 e. The van der Waals surface area contributed by atoms with Crippen molar-refractivity contribution in [3.05, 3.63) is 60.0 Å². The SMILES string of the molecule is CNCC(C)c1nnc(-c2ccccc2Nc2ccc(C(F)(F)F)cc2)o1. The highest BCUT2D eigenvalue weighted by atomic mass is 19.4. The molecule has 0 saturated heterocycles. The second-order valence-corrected chi connectivity index (χ2v) is 6.15. The fourth-order valence-electron chi connectivity index (χ4n) is 2.61. The Labute approximate surface area is 154 Å². The second-order valence-electron chi connectivity index (χ2n) is 6.15. The summed E-state index contributed by atoms with van der Waals surface area (Å²) in [6.45, 7) is 2.67. The van der Waals surface area contributed by atoms with Gasteiger partial charge >= 0.3 is 6.18 Å². The number of rotatable bonds is 6. The van der Waals surface area contributed by atoms with Crippen LogP contribution in [0.2, 0.25) is 0 Å². The van der Waals surface area contributed by atoms with Crippen LogP contribution < -0.4 is 10.6 Å². The van der Waals surface area contributed by atoms with Crippen molar-refractivity contribution in [1.29, 1.82) is 0 Å². The molecule has 2 aromatic carbocycles. The quantitative estimate of drug-likeness (QED) is 0.646. The van der Waals surface area contributed by atoms with E-state index in [0.717, 1.165) is 12.1 Å². The molecule has 27 heavy (non-hydrogen) atoms. The lowest BCUT2D eigenvalue weighted by molar-refractivity contribution is -0.137. The van der Waals surface area contributed by atoms with Crippen LogP contribution in [0, 0.1) is 0 Å². The zero-order chi connectivity index (χ0) is 19.4. The van der Waals surface area contributed by atoms with Crippen molar-refractivity contribution in [3.63, 3.8) is 0 Å². The highest BCUT2D eigenvalue weighted by Crippen LogP contribution is 2.33. The minimum Gasteiger partial charge on any atom is -0.420 e. The number of likely N-dealkylation sites (N-methyl/N-ethyl adjacent to an activating group) is 1. The Morgan fingerprint density at radius 2 is 1.74 bits per heavy atom. The molecule has 0 saturated carbocycles. The van der Waals surface area contributed by atoms with Gasteiger partial charge in [-0.25, -0.2) is 0 Å². The summed E-state index contributed by atoms with van der Waals surface area (Å²) in [5.74, 6) is 0.929. The zero-order valence-corrected chi connectivity index (χ0v) is 14.8. The van der Waals surface area contributed by atoms with Crippen molar-refractivity contribution in [3.8, 4) is 11.5 Å². The van der Waals surface area contributed by atoms with E-state index >= 15 is 0 Å². The van der Waals surface area contributed by atoms with Crippen LogP contribution in [0.4, 0.5) is 24.5 Å². The maximum absolute atomic E-state index is 12.7. The van der Waals surface area contributed by atoms with Crippen molar-refractivity contribution >= 4 is 11.4 Å². The van der Waals surface area contributed by atoms with E-state index in [0.29, 0.717) is 35.3 Å². The molecule has 0 aliphatic heterocycles. The first kappa shape index (κ1) is 18.9. The summed E-state index contributed by atoms with van der Waals surface area (Å²) >= 11 is 0. The lowest BCUT2D eigenvalue weighted by Crippen LogP contribution is -2.14. The second kappa shape index (κ2) is 7.79. The molecule has 0 radical (unpaired) electrons. The van der Waals surface area contributed by atoms with Gasteiger partial charge in [-0.15, -0.1) is 10.2 Å². The van der Waals surface area contributed by atoms with Crippen molar-refractivity contribution in [2.45, 2.75) is 19.0 Å². The topological polar surface area (TPSA) is 63.0 Å². The van der Waals surface area contributed by atoms with E-state index in [1.807, 2.05) is 32.2 Å². The van der Waals surface area contributed by atoms with Crippen LogP contribution in [-0.4, -0.2) is 23.8 Å². The van der Waals surface area contributed by atoms with Crippen LogP contribution in [0.5, 0.6) is 0 Å². The number of nitrogens with one attached hydrogen (secondary N) is 2. The molecular formula is C19H19F3N4O. The fraction of sp³-hybridized carbons (Fsp3) is 0.263. The molecule has 142 valence electrons. The third kappa shape index (κ3) is 4.46. The van der Waals surface area contributed by atoms with Gasteiger partial charge in [0, 0.05) is 18.2 Å². The van der Waals surface area contributed by atoms with Crippen molar-refractivity contribution < 1.29 is 17.6 Å². The molecule has 1 unspecified atom stereocenters. The first-order valence-electron chi connectivity index (χ1n) is 8.40. The Morgan fingerprint density at radius 1 is 1.04 bits per heavy atom. The molecule has 1 heterocycles. The molecule has 0 aliphatic carbocycles. The predicted molar refractivity (Wildman–Crippen MR) is 96.8 cm³/mol. The first-order valence-corrected chi connectivity index (χ1v) is 8.40. The van der Waals surface area contributed by atoms with Gasteiger partial charge in [-0.2, -0.15) is 13.2 Å². The van der Waals surface area contributed by atoms with Gasteiger partial charge in [0.15, 0.2) is 0 Å². The summed E-state index contributed by atoms with van der Waals surface area (Å²) in [5, 5.41) is 14.4. The molecule has 1 atom stereocenters. The molecule has 8 heteroatoms. The molecule has 0 fully saturated rings. The monoisotopic (exact) mass is 376 g/mol. The average molecular weight is 376 g/mol. The number of alkyl halides is 3. The number of hydrogen-bond acceptors (Lipinski definition) is 5. The van der Waals surface area contributed by atoms with Gasteiger partial charge in [0.05, 0.1) is 16.8 Å². The minimum atomic E-state index is -4.36. The van der Waals surface area contributed by atoms with Gasteiger partial charge in [0.1, 0.15) is 0 Å². The Morgan fingerprint density at radius 3 is 2.41 bits per heavy atom. The molecule has 5 nitrogen and oxygen atoms in total. The highest BCUT2D eigenvalue weighted by molar-refractivity contribution is 5.76. The van der Waals surface area contributed by atoms with Crippen molar-refractivity contribution in [2.75, 3.05) is 18.9 Å². The number of benzene rings is 2. The summed E-state index contributed by atoms with van der Waals surface area (Å²) in [5.41, 5.74) is 1.17. The van der Waals surface area contributed by atoms with Crippen LogP contribution in [0.15, 0.2) is 52.9 Å². The molecule has 0 spiro atoms. The third-order valence-corrected chi connectivity index (χ3v) is 4.02. The largest absolute Gasteiger partial charge is 0.420 e. The molecular weight excluding hydrogens is 357 g/mol. The van der Waals surface area contributed by atoms with Crippen LogP contribution in [-0.2, 0) is 6.18 Å². The molecule has 0 amide bonds. The van der Waals surface area contributed by atoms with E-state index in [-0.39, 0.29) is 5.92 Å². The number of halogens is 3. The number of aromatic nitrogens is 2. The van der Waals surface area contributed by atoms with Gasteiger partial charge in [0.2, 0.25) is 11.8 Å². The lowest BCUT2D eigenvalue weighted by Gasteiger charge is -2.11. The summed E-state index contributed by atoms with van der Waals surface area (Å²) in [4.78, 5) is 0. The number of nitrogens with zero attached hydrogens (tertiary/aromatic N) is 2. The summed E-state index contributed by atoms with van der Waals surface area (Å²) < 4.78 is 43.9. The minimum absolute atomic E-state index is 0.0614. The zero-order valence-electron chi connectivity index (χ0n) is 14.8. The van der Waals surface area contributed by atoms with E-state index in [1.54, 1.807) is 6.07 Å². The van der Waals surface area contributed by atoms with E-state index in [4.69, 9.17) is 4.42 Å². The van der Waals surface area contributed by atoms with E-state index in [9.17, 15) is 13.2 Å². The Hall–Kier alpha value is -2.87. The van der Waals surface area contributed by atoms with Crippen LogP contribution in [0.3, 0.4) is 0 Å². The van der Waals surface area contributed by atoms with E-state index < -0.39 is 11.7 Å². The first-order chi connectivity index (χ1) is 12.9. The van der Waals surface area contributed by atoms with Crippen LogP contribution >= 0.6 is 0 Å². The van der Waals surface area contributed by atoms with Gasteiger partial charge in [-0.3, -0.25) is 0 Å². The average Bonchev–Trinajstić information content (AvgIpc) is 3.12. The highest BCUT2D eigenvalue weighted by Gasteiger charge is 2.30. The van der Waals surface area contributed by atoms with E-state index in [2.05, 4.69) is 20.8 Å². The fourth-order valence-corrected chi connectivity index (χ4v) is 2.61. The number of hydrogen-bond donors (Lipinski definition) is 2. The lowest BCUT2D eigenvalue weighted by atomic mass is 10.1. The van der Waals surface area contributed by atoms with E-state index in [1.165, 1.54) is 12.1 Å². The van der Waals surface area contributed by atoms with Crippen LogP contribution in [0.1, 0.15) is 24.3 Å². The maximum atomic E-state index is 12.7. The van der Waals surface area contributed by atoms with Gasteiger partial charge in [-0.05, 0) is 43.4 Å². The Balaban J connectivity index is 1.84. The maximum Gasteiger partial charge on any atom is 0.416 e. The summed E-state index contributed by atoms with van der Waals surface area (Å²) in [7, 11) is 1.84. The van der Waals surface area contributed by atoms with Crippen molar-refractivity contribution in [1.82, 2.24) is 15.5 Å². The standard InChI is InChI=1S/C19H19F3N4O/c1-12(11-23-2)17-25-26-18(27-17)15-5-3-4-6-16(15)24-14-9-7-13(8-10-14)19(20,21)22/h3-10,12,23-24H,11H2,1-2H3. The number of anilines is 2. The molecule has 0 aliphatic rings. The Bertz CT molecular complexity index is 890. The van der Waals surface area contributed by atoms with Gasteiger partial charge in [-0.1, -0.05) is 19.1 Å². The Kier molecular flexibility index (Phi) is 5.46. The number of para-hydroxylation sites is 1. The predicted octanol–water partition coefficient (Wildman–Crippen LogP) is 4.82. The summed E-state index contributed by atoms with van der Waals surface area (Å²) in [6, 6.07) is 12.1. The molecule has 3 aromatic rings. The molecule has 1 aromatic heterocycles. The third-order valence-electron chi connectivity index (χ3n) is 4.02.